The fourth-order valence-corrected chi connectivity index (χ4v) is 4.45. The van der Waals surface area contributed by atoms with Crippen LogP contribution in [0.2, 0.25) is 0 Å². The maximum atomic E-state index is 14.2. The van der Waals surface area contributed by atoms with E-state index < -0.39 is 5.82 Å². The van der Waals surface area contributed by atoms with Crippen LogP contribution >= 0.6 is 0 Å². The van der Waals surface area contributed by atoms with Crippen LogP contribution in [0.5, 0.6) is 5.75 Å². The van der Waals surface area contributed by atoms with Gasteiger partial charge in [0.25, 0.3) is 0 Å². The average molecular weight is 414 g/mol. The first-order valence-corrected chi connectivity index (χ1v) is 9.58. The Bertz CT molecular complexity index is 1560. The van der Waals surface area contributed by atoms with Gasteiger partial charge in [0, 0.05) is 40.1 Å². The Morgan fingerprint density at radius 2 is 1.69 bits per heavy atom. The Kier molecular flexibility index (Phi) is 4.19. The van der Waals surface area contributed by atoms with Gasteiger partial charge < -0.3 is 5.11 Å². The minimum absolute atomic E-state index is 0.0386. The molecule has 2 aromatic carbocycles. The maximum absolute atomic E-state index is 14.2. The molecule has 0 aliphatic heterocycles. The highest BCUT2D eigenvalue weighted by atomic mass is 19.1. The molecule has 0 bridgehead atoms. The minimum atomic E-state index is -0.500. The number of hydrogen-bond acceptors (Lipinski definition) is 5. The standard InChI is InChI=1S/C26H11FN4O/c27-15-6-7-16-20(11-15)17(8-9-28)25(22(16)14(12-29)13-30)23-18-3-1-5-21(32)24(18)26-19(23)4-2-10-31-26/h1-8,10-11,32H/b17-8?,25-23+. The Morgan fingerprint density at radius 3 is 2.44 bits per heavy atom. The van der Waals surface area contributed by atoms with Gasteiger partial charge in [-0.15, -0.1) is 0 Å². The molecule has 0 radical (unpaired) electrons. The summed E-state index contributed by atoms with van der Waals surface area (Å²) >= 11 is 0. The van der Waals surface area contributed by atoms with Crippen molar-refractivity contribution in [2.24, 2.45) is 0 Å². The number of aromatic nitrogens is 1. The Hall–Kier alpha value is -4.99. The quantitative estimate of drug-likeness (QED) is 0.402. The summed E-state index contributed by atoms with van der Waals surface area (Å²) < 4.78 is 14.2. The molecule has 1 aromatic heterocycles. The second-order valence-electron chi connectivity index (χ2n) is 7.20. The van der Waals surface area contributed by atoms with E-state index >= 15 is 0 Å². The van der Waals surface area contributed by atoms with Crippen LogP contribution in [-0.4, -0.2) is 10.1 Å². The van der Waals surface area contributed by atoms with Crippen molar-refractivity contribution < 1.29 is 9.50 Å². The number of nitriles is 3. The first-order valence-electron chi connectivity index (χ1n) is 9.58. The highest BCUT2D eigenvalue weighted by Crippen LogP contribution is 2.56. The number of hydrogen-bond donors (Lipinski definition) is 1. The molecule has 5 rings (SSSR count). The van der Waals surface area contributed by atoms with Crippen LogP contribution in [0.1, 0.15) is 22.3 Å². The van der Waals surface area contributed by atoms with Crippen molar-refractivity contribution in [2.45, 2.75) is 0 Å². The van der Waals surface area contributed by atoms with Crippen molar-refractivity contribution in [3.05, 3.63) is 100 Å². The fraction of sp³-hybridized carbons (Fsp3) is 0. The number of fused-ring (bicyclic) bond motifs is 4. The van der Waals surface area contributed by atoms with Gasteiger partial charge in [-0.1, -0.05) is 24.3 Å². The number of phenols is 1. The summed E-state index contributed by atoms with van der Waals surface area (Å²) in [6.07, 6.45) is 2.90. The molecular weight excluding hydrogens is 403 g/mol. The van der Waals surface area contributed by atoms with Gasteiger partial charge >= 0.3 is 0 Å². The molecule has 0 spiro atoms. The van der Waals surface area contributed by atoms with Gasteiger partial charge in [-0.3, -0.25) is 4.98 Å². The van der Waals surface area contributed by atoms with Crippen molar-refractivity contribution in [2.75, 3.05) is 0 Å². The molecule has 32 heavy (non-hydrogen) atoms. The minimum Gasteiger partial charge on any atom is -0.507 e. The van der Waals surface area contributed by atoms with E-state index in [0.717, 1.165) is 0 Å². The van der Waals surface area contributed by atoms with Crippen molar-refractivity contribution >= 4 is 16.7 Å². The van der Waals surface area contributed by atoms with E-state index in [9.17, 15) is 25.3 Å². The first kappa shape index (κ1) is 19.0. The third-order valence-electron chi connectivity index (χ3n) is 5.62. The smallest absolute Gasteiger partial charge is 0.138 e. The molecule has 148 valence electrons. The number of phenolic OH excluding ortho intramolecular Hbond substituents is 1. The second-order valence-corrected chi connectivity index (χ2v) is 7.20. The molecule has 0 unspecified atom stereocenters. The number of nitrogens with zero attached hydrogens (tertiary/aromatic N) is 4. The van der Waals surface area contributed by atoms with Crippen molar-refractivity contribution in [3.8, 4) is 35.2 Å². The van der Waals surface area contributed by atoms with E-state index in [2.05, 4.69) is 4.98 Å². The van der Waals surface area contributed by atoms with Crippen LogP contribution in [0.3, 0.4) is 0 Å². The third-order valence-corrected chi connectivity index (χ3v) is 5.62. The van der Waals surface area contributed by atoms with Crippen LogP contribution in [-0.2, 0) is 0 Å². The predicted octanol–water partition coefficient (Wildman–Crippen LogP) is 5.13. The summed E-state index contributed by atoms with van der Waals surface area (Å²) in [6, 6.07) is 18.6. The van der Waals surface area contributed by atoms with Crippen LogP contribution < -0.4 is 0 Å². The number of benzene rings is 2. The van der Waals surface area contributed by atoms with Crippen LogP contribution in [0.4, 0.5) is 4.39 Å². The molecule has 0 amide bonds. The van der Waals surface area contributed by atoms with Gasteiger partial charge in [0.05, 0.1) is 17.3 Å². The predicted molar refractivity (Wildman–Crippen MR) is 115 cm³/mol. The number of rotatable bonds is 0. The SMILES string of the molecule is N#CC=C1/C(=C2\c3cccnc3-c3c(O)cccc32)C(=C(C#N)C#N)c2ccc(F)cc21. The van der Waals surface area contributed by atoms with Crippen molar-refractivity contribution in [1.29, 1.82) is 15.8 Å². The molecule has 2 aliphatic rings. The summed E-state index contributed by atoms with van der Waals surface area (Å²) in [4.78, 5) is 4.44. The van der Waals surface area contributed by atoms with Gasteiger partial charge in [0.2, 0.25) is 0 Å². The summed E-state index contributed by atoms with van der Waals surface area (Å²) in [5.41, 5.74) is 4.99. The van der Waals surface area contributed by atoms with Gasteiger partial charge in [-0.25, -0.2) is 4.39 Å². The van der Waals surface area contributed by atoms with E-state index in [4.69, 9.17) is 0 Å². The van der Waals surface area contributed by atoms with E-state index in [1.165, 1.54) is 24.3 Å². The lowest BCUT2D eigenvalue weighted by Gasteiger charge is -2.12. The summed E-state index contributed by atoms with van der Waals surface area (Å²) in [7, 11) is 0. The molecular formula is C26H11FN4O. The Balaban J connectivity index is 2.04. The van der Waals surface area contributed by atoms with Crippen molar-refractivity contribution in [1.82, 2.24) is 4.98 Å². The summed E-state index contributed by atoms with van der Waals surface area (Å²) in [5, 5.41) is 39.5. The molecule has 0 saturated heterocycles. The fourth-order valence-electron chi connectivity index (χ4n) is 4.45. The maximum Gasteiger partial charge on any atom is 0.138 e. The molecule has 0 saturated carbocycles. The molecule has 6 heteroatoms. The average Bonchev–Trinajstić information content (AvgIpc) is 3.28. The van der Waals surface area contributed by atoms with Crippen LogP contribution in [0.25, 0.3) is 28.0 Å². The van der Waals surface area contributed by atoms with Gasteiger partial charge in [-0.2, -0.15) is 15.8 Å². The zero-order chi connectivity index (χ0) is 22.4. The molecule has 0 atom stereocenters. The van der Waals surface area contributed by atoms with E-state index in [1.54, 1.807) is 24.4 Å². The monoisotopic (exact) mass is 414 g/mol. The van der Waals surface area contributed by atoms with Crippen LogP contribution in [0, 0.1) is 39.8 Å². The van der Waals surface area contributed by atoms with E-state index in [-0.39, 0.29) is 11.3 Å². The molecule has 5 nitrogen and oxygen atoms in total. The lowest BCUT2D eigenvalue weighted by Crippen LogP contribution is -1.94. The molecule has 1 N–H and O–H groups in total. The number of pyridine rings is 1. The highest BCUT2D eigenvalue weighted by molar-refractivity contribution is 6.20. The topological polar surface area (TPSA) is 104 Å². The van der Waals surface area contributed by atoms with Crippen LogP contribution in [0.15, 0.2) is 72.0 Å². The lowest BCUT2D eigenvalue weighted by molar-refractivity contribution is 0.477. The largest absolute Gasteiger partial charge is 0.507 e. The third kappa shape index (κ3) is 2.50. The van der Waals surface area contributed by atoms with E-state index in [0.29, 0.717) is 55.8 Å². The Labute approximate surface area is 182 Å². The van der Waals surface area contributed by atoms with Crippen molar-refractivity contribution in [3.63, 3.8) is 0 Å². The van der Waals surface area contributed by atoms with Gasteiger partial charge in [0.15, 0.2) is 0 Å². The number of allylic oxidation sites excluding steroid dienone is 5. The molecule has 2 aliphatic carbocycles. The summed E-state index contributed by atoms with van der Waals surface area (Å²) in [5.74, 6) is -0.461. The molecule has 0 fully saturated rings. The van der Waals surface area contributed by atoms with Gasteiger partial charge in [-0.05, 0) is 41.0 Å². The highest BCUT2D eigenvalue weighted by Gasteiger charge is 2.37. The molecule has 1 heterocycles. The Morgan fingerprint density at radius 1 is 0.906 bits per heavy atom. The van der Waals surface area contributed by atoms with Gasteiger partial charge in [0.1, 0.15) is 29.3 Å². The normalized spacial score (nSPS) is 16.6. The number of aromatic hydroxyl groups is 1. The lowest BCUT2D eigenvalue weighted by atomic mass is 9.89. The van der Waals surface area contributed by atoms with E-state index in [1.807, 2.05) is 30.3 Å². The summed E-state index contributed by atoms with van der Waals surface area (Å²) in [6.45, 7) is 0. The first-order chi connectivity index (χ1) is 15.6. The molecule has 3 aromatic rings. The zero-order valence-corrected chi connectivity index (χ0v) is 16.4. The number of halogens is 1. The zero-order valence-electron chi connectivity index (χ0n) is 16.4. The second kappa shape index (κ2) is 7.06.